The monoisotopic (exact) mass is 312 g/mol. The van der Waals surface area contributed by atoms with Gasteiger partial charge in [0.1, 0.15) is 0 Å². The van der Waals surface area contributed by atoms with Crippen LogP contribution in [0.5, 0.6) is 0 Å². The normalized spacial score (nSPS) is 27.2. The van der Waals surface area contributed by atoms with Gasteiger partial charge in [-0.3, -0.25) is 0 Å². The molecule has 0 amide bonds. The summed E-state index contributed by atoms with van der Waals surface area (Å²) in [4.78, 5) is 2.42. The van der Waals surface area contributed by atoms with Crippen LogP contribution >= 0.6 is 0 Å². The number of nitrogens with zero attached hydrogens (tertiary/aromatic N) is 1. The number of aliphatic hydroxyl groups excluding tert-OH is 1. The van der Waals surface area contributed by atoms with Gasteiger partial charge in [-0.25, -0.2) is 0 Å². The molecule has 0 saturated carbocycles. The molecule has 4 unspecified atom stereocenters. The molecule has 0 aromatic heterocycles. The van der Waals surface area contributed by atoms with Crippen molar-refractivity contribution in [2.45, 2.75) is 38.5 Å². The molecule has 0 spiro atoms. The Balaban J connectivity index is 1.63. The Morgan fingerprint density at radius 2 is 1.91 bits per heavy atom. The number of hydrogen-bond acceptors (Lipinski definition) is 3. The Bertz CT molecular complexity index is 657. The molecule has 3 rings (SSSR count). The third kappa shape index (κ3) is 3.74. The summed E-state index contributed by atoms with van der Waals surface area (Å²) >= 11 is 0. The highest BCUT2D eigenvalue weighted by molar-refractivity contribution is 5.83. The van der Waals surface area contributed by atoms with E-state index in [1.807, 2.05) is 18.2 Å². The molecule has 3 nitrogen and oxygen atoms in total. The van der Waals surface area contributed by atoms with Gasteiger partial charge in [0.2, 0.25) is 0 Å². The summed E-state index contributed by atoms with van der Waals surface area (Å²) in [6.45, 7) is 6.30. The Labute approximate surface area is 139 Å². The molecule has 1 saturated heterocycles. The lowest BCUT2D eigenvalue weighted by molar-refractivity contribution is 0.106. The fourth-order valence-electron chi connectivity index (χ4n) is 3.62. The Morgan fingerprint density at radius 3 is 2.70 bits per heavy atom. The van der Waals surface area contributed by atoms with Crippen molar-refractivity contribution >= 4 is 10.8 Å². The van der Waals surface area contributed by atoms with Crippen molar-refractivity contribution < 1.29 is 5.11 Å². The number of aliphatic hydroxyl groups is 1. The standard InChI is InChI=1S/C20H28N2O/c1-14-13-22(3)15(2)10-19(14)21-12-20(23)18-9-8-16-6-4-5-7-17(16)11-18/h4-9,11,14-15,19-21,23H,10,12-13H2,1-3H3. The van der Waals surface area contributed by atoms with Gasteiger partial charge in [-0.1, -0.05) is 43.3 Å². The number of benzene rings is 2. The van der Waals surface area contributed by atoms with E-state index in [1.165, 1.54) is 10.8 Å². The Kier molecular flexibility index (Phi) is 5.00. The molecule has 2 N–H and O–H groups in total. The van der Waals surface area contributed by atoms with Gasteiger partial charge in [0.05, 0.1) is 6.10 Å². The average Bonchev–Trinajstić information content (AvgIpc) is 2.56. The van der Waals surface area contributed by atoms with E-state index in [9.17, 15) is 5.11 Å². The van der Waals surface area contributed by atoms with Crippen LogP contribution in [-0.4, -0.2) is 42.2 Å². The first-order chi connectivity index (χ1) is 11.0. The highest BCUT2D eigenvalue weighted by atomic mass is 16.3. The molecule has 2 aromatic carbocycles. The molecule has 124 valence electrons. The van der Waals surface area contributed by atoms with Crippen molar-refractivity contribution in [1.29, 1.82) is 0 Å². The number of nitrogens with one attached hydrogen (secondary N) is 1. The zero-order valence-electron chi connectivity index (χ0n) is 14.4. The van der Waals surface area contributed by atoms with E-state index in [4.69, 9.17) is 0 Å². The van der Waals surface area contributed by atoms with Gasteiger partial charge in [0, 0.05) is 25.2 Å². The second-order valence-corrected chi connectivity index (χ2v) is 7.14. The number of piperidine rings is 1. The molecule has 1 heterocycles. The first kappa shape index (κ1) is 16.4. The second kappa shape index (κ2) is 7.00. The second-order valence-electron chi connectivity index (χ2n) is 7.14. The predicted octanol–water partition coefficient (Wildman–Crippen LogP) is 3.19. The van der Waals surface area contributed by atoms with Crippen molar-refractivity contribution in [1.82, 2.24) is 10.2 Å². The van der Waals surface area contributed by atoms with Crippen LogP contribution in [0.25, 0.3) is 10.8 Å². The van der Waals surface area contributed by atoms with Gasteiger partial charge in [-0.05, 0) is 48.7 Å². The molecule has 2 aromatic rings. The van der Waals surface area contributed by atoms with Crippen molar-refractivity contribution in [3.05, 3.63) is 48.0 Å². The number of fused-ring (bicyclic) bond motifs is 1. The van der Waals surface area contributed by atoms with Crippen LogP contribution in [0, 0.1) is 5.92 Å². The van der Waals surface area contributed by atoms with Crippen LogP contribution in [0.3, 0.4) is 0 Å². The predicted molar refractivity (Wildman–Crippen MR) is 96.6 cm³/mol. The topological polar surface area (TPSA) is 35.5 Å². The third-order valence-electron chi connectivity index (χ3n) is 5.34. The molecule has 4 atom stereocenters. The maximum atomic E-state index is 10.5. The van der Waals surface area contributed by atoms with E-state index >= 15 is 0 Å². The van der Waals surface area contributed by atoms with Crippen LogP contribution in [-0.2, 0) is 0 Å². The molecule has 3 heteroatoms. The lowest BCUT2D eigenvalue weighted by atomic mass is 9.89. The van der Waals surface area contributed by atoms with Crippen LogP contribution in [0.2, 0.25) is 0 Å². The van der Waals surface area contributed by atoms with Gasteiger partial charge in [0.15, 0.2) is 0 Å². The molecule has 0 bridgehead atoms. The van der Waals surface area contributed by atoms with E-state index in [0.29, 0.717) is 24.5 Å². The van der Waals surface area contributed by atoms with Gasteiger partial charge in [-0.15, -0.1) is 0 Å². The Hall–Kier alpha value is -1.42. The fourth-order valence-corrected chi connectivity index (χ4v) is 3.62. The third-order valence-corrected chi connectivity index (χ3v) is 5.34. The minimum Gasteiger partial charge on any atom is -0.387 e. The quantitative estimate of drug-likeness (QED) is 0.910. The van der Waals surface area contributed by atoms with Crippen molar-refractivity contribution in [3.8, 4) is 0 Å². The Morgan fingerprint density at radius 1 is 1.17 bits per heavy atom. The summed E-state index contributed by atoms with van der Waals surface area (Å²) in [7, 11) is 2.20. The summed E-state index contributed by atoms with van der Waals surface area (Å²) in [5.74, 6) is 0.611. The van der Waals surface area contributed by atoms with Gasteiger partial charge in [-0.2, -0.15) is 0 Å². The van der Waals surface area contributed by atoms with Crippen molar-refractivity contribution in [2.24, 2.45) is 5.92 Å². The molecule has 0 aliphatic carbocycles. The van der Waals surface area contributed by atoms with E-state index < -0.39 is 6.10 Å². The lowest BCUT2D eigenvalue weighted by Gasteiger charge is -2.40. The SMILES string of the molecule is CC1CN(C)C(C)CC1NCC(O)c1ccc2ccccc2c1. The zero-order valence-corrected chi connectivity index (χ0v) is 14.4. The van der Waals surface area contributed by atoms with Crippen molar-refractivity contribution in [3.63, 3.8) is 0 Å². The summed E-state index contributed by atoms with van der Waals surface area (Å²) in [6.07, 6.45) is 0.684. The molecule has 1 aliphatic rings. The summed E-state index contributed by atoms with van der Waals surface area (Å²) in [6, 6.07) is 15.6. The molecule has 0 radical (unpaired) electrons. The smallest absolute Gasteiger partial charge is 0.0914 e. The van der Waals surface area contributed by atoms with E-state index in [0.717, 1.165) is 18.5 Å². The number of likely N-dealkylation sites (tertiary alicyclic amines) is 1. The van der Waals surface area contributed by atoms with E-state index in [-0.39, 0.29) is 0 Å². The highest BCUT2D eigenvalue weighted by Gasteiger charge is 2.28. The summed E-state index contributed by atoms with van der Waals surface area (Å²) in [5, 5.41) is 16.5. The average molecular weight is 312 g/mol. The summed E-state index contributed by atoms with van der Waals surface area (Å²) < 4.78 is 0. The molecule has 23 heavy (non-hydrogen) atoms. The fraction of sp³-hybridized carbons (Fsp3) is 0.500. The van der Waals surface area contributed by atoms with Crippen LogP contribution in [0.1, 0.15) is 31.9 Å². The highest BCUT2D eigenvalue weighted by Crippen LogP contribution is 2.23. The number of rotatable bonds is 4. The van der Waals surface area contributed by atoms with Gasteiger partial charge in [0.25, 0.3) is 0 Å². The lowest BCUT2D eigenvalue weighted by Crippen LogP contribution is -2.51. The minimum atomic E-state index is -0.457. The first-order valence-corrected chi connectivity index (χ1v) is 8.65. The number of hydrogen-bond donors (Lipinski definition) is 2. The van der Waals surface area contributed by atoms with Crippen LogP contribution in [0.4, 0.5) is 0 Å². The molecular formula is C20H28N2O. The van der Waals surface area contributed by atoms with Gasteiger partial charge < -0.3 is 15.3 Å². The largest absolute Gasteiger partial charge is 0.387 e. The first-order valence-electron chi connectivity index (χ1n) is 8.65. The maximum absolute atomic E-state index is 10.5. The molecule has 1 fully saturated rings. The maximum Gasteiger partial charge on any atom is 0.0914 e. The van der Waals surface area contributed by atoms with Crippen molar-refractivity contribution in [2.75, 3.05) is 20.1 Å². The van der Waals surface area contributed by atoms with E-state index in [2.05, 4.69) is 55.4 Å². The minimum absolute atomic E-state index is 0.457. The molecular weight excluding hydrogens is 284 g/mol. The van der Waals surface area contributed by atoms with Crippen LogP contribution < -0.4 is 5.32 Å². The molecule has 1 aliphatic heterocycles. The summed E-state index contributed by atoms with van der Waals surface area (Å²) in [5.41, 5.74) is 0.991. The van der Waals surface area contributed by atoms with E-state index in [1.54, 1.807) is 0 Å². The van der Waals surface area contributed by atoms with Crippen LogP contribution in [0.15, 0.2) is 42.5 Å². The zero-order chi connectivity index (χ0) is 16.4. The van der Waals surface area contributed by atoms with Gasteiger partial charge >= 0.3 is 0 Å².